The fourth-order valence-electron chi connectivity index (χ4n) is 1.59. The van der Waals surface area contributed by atoms with Gasteiger partial charge in [0.15, 0.2) is 0 Å². The molecule has 0 spiro atoms. The zero-order valence-electron chi connectivity index (χ0n) is 10.4. The van der Waals surface area contributed by atoms with Gasteiger partial charge in [0.1, 0.15) is 10.7 Å². The van der Waals surface area contributed by atoms with Crippen molar-refractivity contribution in [1.29, 1.82) is 0 Å². The predicted octanol–water partition coefficient (Wildman–Crippen LogP) is 3.09. The van der Waals surface area contributed by atoms with Gasteiger partial charge in [-0.15, -0.1) is 0 Å². The van der Waals surface area contributed by atoms with Gasteiger partial charge in [-0.3, -0.25) is 4.72 Å². The Hall–Kier alpha value is -1.93. The van der Waals surface area contributed by atoms with Gasteiger partial charge in [-0.2, -0.15) is 0 Å². The van der Waals surface area contributed by atoms with Crippen LogP contribution in [0.4, 0.5) is 10.1 Å². The molecule has 2 aromatic rings. The Balaban J connectivity index is 2.38. The summed E-state index contributed by atoms with van der Waals surface area (Å²) in [6.45, 7) is 0. The van der Waals surface area contributed by atoms with Crippen LogP contribution in [0.25, 0.3) is 0 Å². The number of halogens is 2. The summed E-state index contributed by atoms with van der Waals surface area (Å²) in [5.74, 6) is -2.26. The molecule has 0 bridgehead atoms. The monoisotopic (exact) mass is 373 g/mol. The number of carboxylic acids is 1. The minimum Gasteiger partial charge on any atom is -0.478 e. The second kappa shape index (κ2) is 5.82. The molecule has 0 aliphatic carbocycles. The van der Waals surface area contributed by atoms with Gasteiger partial charge >= 0.3 is 5.97 Å². The van der Waals surface area contributed by atoms with Crippen LogP contribution >= 0.6 is 15.9 Å². The van der Waals surface area contributed by atoms with Gasteiger partial charge in [-0.05, 0) is 46.3 Å². The Morgan fingerprint density at radius 3 is 2.43 bits per heavy atom. The average Bonchev–Trinajstić information content (AvgIpc) is 2.41. The number of carbonyl (C=O) groups is 1. The highest BCUT2D eigenvalue weighted by atomic mass is 79.9. The number of hydrogen-bond donors (Lipinski definition) is 2. The molecule has 0 aliphatic heterocycles. The van der Waals surface area contributed by atoms with Crippen molar-refractivity contribution < 1.29 is 22.7 Å². The van der Waals surface area contributed by atoms with E-state index < -0.39 is 21.8 Å². The maximum Gasteiger partial charge on any atom is 0.335 e. The molecule has 0 saturated heterocycles. The van der Waals surface area contributed by atoms with Crippen LogP contribution in [0.15, 0.2) is 51.8 Å². The van der Waals surface area contributed by atoms with Gasteiger partial charge in [0, 0.05) is 4.47 Å². The second-order valence-corrected chi connectivity index (χ2v) is 6.54. The van der Waals surface area contributed by atoms with E-state index in [1.807, 2.05) is 0 Å². The molecule has 0 heterocycles. The summed E-state index contributed by atoms with van der Waals surface area (Å²) in [6, 6.07) is 9.00. The van der Waals surface area contributed by atoms with Gasteiger partial charge in [0.05, 0.1) is 11.3 Å². The Morgan fingerprint density at radius 2 is 1.86 bits per heavy atom. The first-order chi connectivity index (χ1) is 9.81. The molecule has 0 atom stereocenters. The molecule has 2 aromatic carbocycles. The summed E-state index contributed by atoms with van der Waals surface area (Å²) in [6.07, 6.45) is 0. The molecule has 2 N–H and O–H groups in total. The SMILES string of the molecule is O=C(O)c1ccc(NS(=O)(=O)c2ccccc2Br)c(F)c1. The first-order valence-electron chi connectivity index (χ1n) is 5.61. The summed E-state index contributed by atoms with van der Waals surface area (Å²) < 4.78 is 40.5. The lowest BCUT2D eigenvalue weighted by molar-refractivity contribution is 0.0696. The molecule has 0 amide bonds. The minimum atomic E-state index is -3.98. The maximum absolute atomic E-state index is 13.8. The molecule has 0 aromatic heterocycles. The molecule has 0 radical (unpaired) electrons. The third-order valence-electron chi connectivity index (χ3n) is 2.59. The predicted molar refractivity (Wildman–Crippen MR) is 78.3 cm³/mol. The lowest BCUT2D eigenvalue weighted by Gasteiger charge is -2.10. The Labute approximate surface area is 128 Å². The fraction of sp³-hybridized carbons (Fsp3) is 0. The molecule has 0 saturated carbocycles. The lowest BCUT2D eigenvalue weighted by Crippen LogP contribution is -2.14. The summed E-state index contributed by atoms with van der Waals surface area (Å²) in [5, 5.41) is 8.74. The van der Waals surface area contributed by atoms with E-state index in [1.54, 1.807) is 12.1 Å². The summed E-state index contributed by atoms with van der Waals surface area (Å²) in [5.41, 5.74) is -0.591. The molecular formula is C13H9BrFNO4S. The van der Waals surface area contributed by atoms with E-state index in [4.69, 9.17) is 5.11 Å². The van der Waals surface area contributed by atoms with E-state index in [9.17, 15) is 17.6 Å². The molecule has 0 fully saturated rings. The molecule has 110 valence electrons. The van der Waals surface area contributed by atoms with Crippen LogP contribution in [-0.4, -0.2) is 19.5 Å². The van der Waals surface area contributed by atoms with Crippen LogP contribution < -0.4 is 4.72 Å². The van der Waals surface area contributed by atoms with Crippen LogP contribution in [0.2, 0.25) is 0 Å². The highest BCUT2D eigenvalue weighted by Gasteiger charge is 2.19. The van der Waals surface area contributed by atoms with Crippen LogP contribution in [0.5, 0.6) is 0 Å². The van der Waals surface area contributed by atoms with Crippen LogP contribution in [0.1, 0.15) is 10.4 Å². The van der Waals surface area contributed by atoms with E-state index >= 15 is 0 Å². The minimum absolute atomic E-state index is 0.0493. The number of hydrogen-bond acceptors (Lipinski definition) is 3. The number of benzene rings is 2. The molecule has 0 unspecified atom stereocenters. The Bertz CT molecular complexity index is 808. The summed E-state index contributed by atoms with van der Waals surface area (Å²) in [7, 11) is -3.98. The van der Waals surface area contributed by atoms with E-state index in [2.05, 4.69) is 20.7 Å². The number of nitrogens with one attached hydrogen (secondary N) is 1. The quantitative estimate of drug-likeness (QED) is 0.862. The number of rotatable bonds is 4. The van der Waals surface area contributed by atoms with Crippen LogP contribution in [0, 0.1) is 5.82 Å². The van der Waals surface area contributed by atoms with Gasteiger partial charge in [-0.1, -0.05) is 12.1 Å². The lowest BCUT2D eigenvalue weighted by atomic mass is 10.2. The molecule has 0 aliphatic rings. The normalized spacial score (nSPS) is 11.1. The zero-order valence-corrected chi connectivity index (χ0v) is 12.8. The third-order valence-corrected chi connectivity index (χ3v) is 4.96. The smallest absolute Gasteiger partial charge is 0.335 e. The fourth-order valence-corrected chi connectivity index (χ4v) is 3.66. The number of sulfonamides is 1. The van der Waals surface area contributed by atoms with Crippen molar-refractivity contribution in [3.05, 3.63) is 58.3 Å². The molecule has 2 rings (SSSR count). The van der Waals surface area contributed by atoms with Crippen molar-refractivity contribution in [3.8, 4) is 0 Å². The van der Waals surface area contributed by atoms with Gasteiger partial charge < -0.3 is 5.11 Å². The number of carboxylic acid groups (broad SMARTS) is 1. The van der Waals surface area contributed by atoms with Crippen molar-refractivity contribution in [1.82, 2.24) is 0 Å². The van der Waals surface area contributed by atoms with Gasteiger partial charge in [0.25, 0.3) is 10.0 Å². The molecule has 8 heteroatoms. The van der Waals surface area contributed by atoms with Gasteiger partial charge in [-0.25, -0.2) is 17.6 Å². The van der Waals surface area contributed by atoms with Crippen LogP contribution in [0.3, 0.4) is 0 Å². The number of aromatic carboxylic acids is 1. The highest BCUT2D eigenvalue weighted by Crippen LogP contribution is 2.25. The standard InChI is InChI=1S/C13H9BrFNO4S/c14-9-3-1-2-4-12(9)21(19,20)16-11-6-5-8(13(17)18)7-10(11)15/h1-7,16H,(H,17,18). The first kappa shape index (κ1) is 15.5. The van der Waals surface area contributed by atoms with Crippen molar-refractivity contribution >= 4 is 37.6 Å². The van der Waals surface area contributed by atoms with E-state index in [-0.39, 0.29) is 16.1 Å². The third kappa shape index (κ3) is 3.40. The molecule has 5 nitrogen and oxygen atoms in total. The number of anilines is 1. The van der Waals surface area contributed by atoms with Crippen LogP contribution in [-0.2, 0) is 10.0 Å². The Kier molecular flexibility index (Phi) is 4.29. The van der Waals surface area contributed by atoms with Gasteiger partial charge in [0.2, 0.25) is 0 Å². The second-order valence-electron chi connectivity index (χ2n) is 4.04. The van der Waals surface area contributed by atoms with Crippen molar-refractivity contribution in [2.24, 2.45) is 0 Å². The topological polar surface area (TPSA) is 83.5 Å². The van der Waals surface area contributed by atoms with E-state index in [0.29, 0.717) is 4.47 Å². The summed E-state index contributed by atoms with van der Waals surface area (Å²) in [4.78, 5) is 10.7. The van der Waals surface area contributed by atoms with Crippen molar-refractivity contribution in [3.63, 3.8) is 0 Å². The average molecular weight is 374 g/mol. The largest absolute Gasteiger partial charge is 0.478 e. The van der Waals surface area contributed by atoms with Crippen molar-refractivity contribution in [2.45, 2.75) is 4.90 Å². The summed E-state index contributed by atoms with van der Waals surface area (Å²) >= 11 is 3.10. The first-order valence-corrected chi connectivity index (χ1v) is 7.89. The highest BCUT2D eigenvalue weighted by molar-refractivity contribution is 9.10. The maximum atomic E-state index is 13.8. The molecular weight excluding hydrogens is 365 g/mol. The van der Waals surface area contributed by atoms with Crippen molar-refractivity contribution in [2.75, 3.05) is 4.72 Å². The zero-order chi connectivity index (χ0) is 15.6. The molecule has 21 heavy (non-hydrogen) atoms. The van der Waals surface area contributed by atoms with E-state index in [1.165, 1.54) is 12.1 Å². The Morgan fingerprint density at radius 1 is 1.19 bits per heavy atom. The van der Waals surface area contributed by atoms with E-state index in [0.717, 1.165) is 18.2 Å².